The third kappa shape index (κ3) is 6.17. The number of amides is 2. The zero-order valence-corrected chi connectivity index (χ0v) is 21.0. The topological polar surface area (TPSA) is 76.5 Å². The summed E-state index contributed by atoms with van der Waals surface area (Å²) < 4.78 is 7.59. The highest BCUT2D eigenvalue weighted by atomic mass is 16.5. The zero-order valence-electron chi connectivity index (χ0n) is 21.0. The maximum Gasteiger partial charge on any atom is 0.246 e. The lowest BCUT2D eigenvalue weighted by atomic mass is 10.1. The molecule has 2 heterocycles. The summed E-state index contributed by atoms with van der Waals surface area (Å²) in [7, 11) is 0. The van der Waals surface area contributed by atoms with Gasteiger partial charge in [-0.05, 0) is 38.8 Å². The molecule has 1 aromatic heterocycles. The van der Waals surface area contributed by atoms with E-state index in [9.17, 15) is 9.59 Å². The normalized spacial score (nSPS) is 15.4. The van der Waals surface area contributed by atoms with Crippen LogP contribution in [-0.2, 0) is 14.3 Å². The number of imidazole rings is 1. The van der Waals surface area contributed by atoms with E-state index in [-0.39, 0.29) is 30.4 Å². The standard InChI is InChI=1S/C28H34N4O3/c1-19(2)27(34)31(16-24-6-5-15-35-24)18-26(33)30-28-29-25(22-11-7-20(3)8-12-22)17-32(28)23-13-9-21(4)10-14-23/h7-14,17,19,24H,5-6,15-16,18H2,1-4H3,(H,29,30,33). The largest absolute Gasteiger partial charge is 0.376 e. The summed E-state index contributed by atoms with van der Waals surface area (Å²) in [6.45, 7) is 8.86. The SMILES string of the molecule is Cc1ccc(-c2cn(-c3ccc(C)cc3)c(NC(=O)CN(CC3CCCO3)C(=O)C(C)C)n2)cc1. The number of aryl methyl sites for hydroxylation is 2. The summed E-state index contributed by atoms with van der Waals surface area (Å²) in [6.07, 6.45) is 3.79. The number of hydrogen-bond acceptors (Lipinski definition) is 4. The van der Waals surface area contributed by atoms with Gasteiger partial charge in [0.25, 0.3) is 0 Å². The van der Waals surface area contributed by atoms with Crippen LogP contribution in [0, 0.1) is 19.8 Å². The maximum atomic E-state index is 13.2. The summed E-state index contributed by atoms with van der Waals surface area (Å²) >= 11 is 0. The molecule has 1 unspecified atom stereocenters. The van der Waals surface area contributed by atoms with E-state index in [1.54, 1.807) is 4.90 Å². The Kier molecular flexibility index (Phi) is 7.66. The highest BCUT2D eigenvalue weighted by Crippen LogP contribution is 2.25. The van der Waals surface area contributed by atoms with Gasteiger partial charge in [-0.3, -0.25) is 19.5 Å². The molecule has 1 aliphatic rings. The molecule has 3 aromatic rings. The van der Waals surface area contributed by atoms with E-state index < -0.39 is 0 Å². The van der Waals surface area contributed by atoms with Crippen LogP contribution in [0.2, 0.25) is 0 Å². The van der Waals surface area contributed by atoms with Crippen LogP contribution in [-0.4, -0.2) is 52.1 Å². The Labute approximate surface area is 207 Å². The maximum absolute atomic E-state index is 13.2. The monoisotopic (exact) mass is 474 g/mol. The Hall–Kier alpha value is -3.45. The van der Waals surface area contributed by atoms with E-state index in [4.69, 9.17) is 9.72 Å². The predicted molar refractivity (Wildman–Crippen MR) is 137 cm³/mol. The number of ether oxygens (including phenoxy) is 1. The lowest BCUT2D eigenvalue weighted by Crippen LogP contribution is -2.44. The van der Waals surface area contributed by atoms with Crippen LogP contribution in [0.1, 0.15) is 37.8 Å². The van der Waals surface area contributed by atoms with Gasteiger partial charge in [0.15, 0.2) is 0 Å². The first kappa shape index (κ1) is 24.7. The molecule has 0 bridgehead atoms. The first-order chi connectivity index (χ1) is 16.8. The molecule has 1 N–H and O–H groups in total. The minimum Gasteiger partial charge on any atom is -0.376 e. The number of hydrogen-bond donors (Lipinski definition) is 1. The number of aromatic nitrogens is 2. The number of carbonyl (C=O) groups excluding carboxylic acids is 2. The lowest BCUT2D eigenvalue weighted by Gasteiger charge is -2.26. The molecule has 1 fully saturated rings. The number of anilines is 1. The first-order valence-electron chi connectivity index (χ1n) is 12.2. The summed E-state index contributed by atoms with van der Waals surface area (Å²) in [4.78, 5) is 32.3. The van der Waals surface area contributed by atoms with Crippen molar-refractivity contribution < 1.29 is 14.3 Å². The average Bonchev–Trinajstić information content (AvgIpc) is 3.49. The Balaban J connectivity index is 1.59. The predicted octanol–water partition coefficient (Wildman–Crippen LogP) is 4.76. The fraction of sp³-hybridized carbons (Fsp3) is 0.393. The molecule has 1 saturated heterocycles. The third-order valence-electron chi connectivity index (χ3n) is 6.20. The van der Waals surface area contributed by atoms with Gasteiger partial charge in [-0.1, -0.05) is 61.4 Å². The van der Waals surface area contributed by atoms with Gasteiger partial charge in [0.1, 0.15) is 6.54 Å². The van der Waals surface area contributed by atoms with Crippen molar-refractivity contribution in [3.05, 3.63) is 65.9 Å². The van der Waals surface area contributed by atoms with E-state index in [2.05, 4.69) is 5.32 Å². The molecule has 2 amide bonds. The molecule has 35 heavy (non-hydrogen) atoms. The number of rotatable bonds is 8. The number of nitrogens with zero attached hydrogens (tertiary/aromatic N) is 3. The van der Waals surface area contributed by atoms with Crippen LogP contribution in [0.4, 0.5) is 5.95 Å². The highest BCUT2D eigenvalue weighted by molar-refractivity contribution is 5.94. The molecule has 7 nitrogen and oxygen atoms in total. The Morgan fingerprint density at radius 3 is 2.34 bits per heavy atom. The molecule has 0 saturated carbocycles. The van der Waals surface area contributed by atoms with Crippen molar-refractivity contribution in [3.63, 3.8) is 0 Å². The van der Waals surface area contributed by atoms with Crippen molar-refractivity contribution in [3.8, 4) is 16.9 Å². The zero-order chi connectivity index (χ0) is 24.9. The Bertz CT molecular complexity index is 1160. The number of carbonyl (C=O) groups is 2. The molecule has 2 aromatic carbocycles. The van der Waals surface area contributed by atoms with Gasteiger partial charge in [-0.25, -0.2) is 4.98 Å². The third-order valence-corrected chi connectivity index (χ3v) is 6.20. The first-order valence-corrected chi connectivity index (χ1v) is 12.2. The number of nitrogens with one attached hydrogen (secondary N) is 1. The molecule has 184 valence electrons. The van der Waals surface area contributed by atoms with Crippen LogP contribution in [0.5, 0.6) is 0 Å². The summed E-state index contributed by atoms with van der Waals surface area (Å²) in [5.74, 6) is -0.125. The van der Waals surface area contributed by atoms with Gasteiger partial charge in [-0.2, -0.15) is 0 Å². The molecular weight excluding hydrogens is 440 g/mol. The van der Waals surface area contributed by atoms with E-state index in [0.29, 0.717) is 19.1 Å². The van der Waals surface area contributed by atoms with E-state index in [0.717, 1.165) is 35.3 Å². The molecule has 0 aliphatic carbocycles. The van der Waals surface area contributed by atoms with E-state index >= 15 is 0 Å². The van der Waals surface area contributed by atoms with Crippen LogP contribution in [0.15, 0.2) is 54.7 Å². The van der Waals surface area contributed by atoms with Crippen LogP contribution in [0.3, 0.4) is 0 Å². The Morgan fingerprint density at radius 1 is 1.09 bits per heavy atom. The highest BCUT2D eigenvalue weighted by Gasteiger charge is 2.26. The summed E-state index contributed by atoms with van der Waals surface area (Å²) in [5.41, 5.74) is 4.94. The second-order valence-electron chi connectivity index (χ2n) is 9.58. The van der Waals surface area contributed by atoms with Crippen molar-refractivity contribution in [1.82, 2.24) is 14.5 Å². The molecule has 1 aliphatic heterocycles. The van der Waals surface area contributed by atoms with Gasteiger partial charge in [0.2, 0.25) is 17.8 Å². The summed E-state index contributed by atoms with van der Waals surface area (Å²) in [5, 5.41) is 2.95. The molecular formula is C28H34N4O3. The molecule has 1 atom stereocenters. The van der Waals surface area contributed by atoms with Crippen LogP contribution < -0.4 is 5.32 Å². The van der Waals surface area contributed by atoms with Crippen molar-refractivity contribution in [2.75, 3.05) is 25.0 Å². The van der Waals surface area contributed by atoms with E-state index in [1.165, 1.54) is 5.56 Å². The van der Waals surface area contributed by atoms with Gasteiger partial charge >= 0.3 is 0 Å². The lowest BCUT2D eigenvalue weighted by molar-refractivity contribution is -0.139. The second kappa shape index (κ2) is 10.9. The van der Waals surface area contributed by atoms with E-state index in [1.807, 2.05) is 87.0 Å². The van der Waals surface area contributed by atoms with Crippen molar-refractivity contribution in [2.24, 2.45) is 5.92 Å². The van der Waals surface area contributed by atoms with Crippen LogP contribution >= 0.6 is 0 Å². The fourth-order valence-corrected chi connectivity index (χ4v) is 4.20. The fourth-order valence-electron chi connectivity index (χ4n) is 4.20. The van der Waals surface area contributed by atoms with Gasteiger partial charge in [0, 0.05) is 36.5 Å². The van der Waals surface area contributed by atoms with Crippen molar-refractivity contribution >= 4 is 17.8 Å². The van der Waals surface area contributed by atoms with Gasteiger partial charge in [-0.15, -0.1) is 0 Å². The van der Waals surface area contributed by atoms with Gasteiger partial charge < -0.3 is 9.64 Å². The molecule has 0 spiro atoms. The number of benzene rings is 2. The second-order valence-corrected chi connectivity index (χ2v) is 9.58. The van der Waals surface area contributed by atoms with Crippen molar-refractivity contribution in [2.45, 2.75) is 46.6 Å². The molecule has 4 rings (SSSR count). The molecule has 7 heteroatoms. The smallest absolute Gasteiger partial charge is 0.246 e. The quantitative estimate of drug-likeness (QED) is 0.511. The average molecular weight is 475 g/mol. The van der Waals surface area contributed by atoms with Crippen LogP contribution in [0.25, 0.3) is 16.9 Å². The Morgan fingerprint density at radius 2 is 1.74 bits per heavy atom. The summed E-state index contributed by atoms with van der Waals surface area (Å²) in [6, 6.07) is 16.2. The van der Waals surface area contributed by atoms with Crippen molar-refractivity contribution in [1.29, 1.82) is 0 Å². The molecule has 0 radical (unpaired) electrons. The van der Waals surface area contributed by atoms with Gasteiger partial charge in [0.05, 0.1) is 11.8 Å². The minimum atomic E-state index is -0.286. The minimum absolute atomic E-state index is 0.0202.